The summed E-state index contributed by atoms with van der Waals surface area (Å²) in [6.45, 7) is 16.7. The molecule has 2 heterocycles. The Morgan fingerprint density at radius 3 is 1.83 bits per heavy atom. The third-order valence-electron chi connectivity index (χ3n) is 8.02. The Balaban J connectivity index is 1.77. The Morgan fingerprint density at radius 2 is 1.37 bits per heavy atom. The molecule has 0 radical (unpaired) electrons. The third kappa shape index (κ3) is 7.04. The molecule has 1 amide bonds. The van der Waals surface area contributed by atoms with Gasteiger partial charge in [-0.05, 0) is 78.5 Å². The van der Waals surface area contributed by atoms with Gasteiger partial charge in [-0.15, -0.1) is 0 Å². The van der Waals surface area contributed by atoms with Crippen molar-refractivity contribution in [2.45, 2.75) is 79.2 Å². The first-order valence-electron chi connectivity index (χ1n) is 14.6. The second kappa shape index (κ2) is 13.9. The van der Waals surface area contributed by atoms with Crippen LogP contribution in [0.25, 0.3) is 0 Å². The number of phenolic OH excluding ortho intramolecular Hbond substituents is 1. The van der Waals surface area contributed by atoms with Crippen LogP contribution in [0, 0.1) is 20.8 Å². The molecule has 0 bridgehead atoms. The summed E-state index contributed by atoms with van der Waals surface area (Å²) in [5.41, 5.74) is 2.33. The maximum absolute atomic E-state index is 13.9. The lowest BCUT2D eigenvalue weighted by molar-refractivity contribution is -0.150. The summed E-state index contributed by atoms with van der Waals surface area (Å²) in [4.78, 5) is 17.6. The van der Waals surface area contributed by atoms with E-state index in [1.165, 1.54) is 0 Å². The monoisotopic (exact) mass is 618 g/mol. The zero-order valence-corrected chi connectivity index (χ0v) is 27.6. The fraction of sp³-hybridized carbons (Fsp3) is 0.750. The number of fused-ring (bicyclic) bond motifs is 1. The predicted octanol–water partition coefficient (Wildman–Crippen LogP) is 5.40. The second-order valence-corrected chi connectivity index (χ2v) is 15.5. The molecule has 1 saturated heterocycles. The van der Waals surface area contributed by atoms with E-state index in [0.717, 1.165) is 22.3 Å². The summed E-state index contributed by atoms with van der Waals surface area (Å²) in [5, 5.41) is 9.37. The number of amides is 1. The minimum absolute atomic E-state index is 0.0919. The molecule has 0 saturated carbocycles. The molecule has 0 aromatic heterocycles. The molecule has 41 heavy (non-hydrogen) atoms. The highest BCUT2D eigenvalue weighted by Crippen LogP contribution is 2.70. The number of piperazine rings is 1. The van der Waals surface area contributed by atoms with Gasteiger partial charge >= 0.3 is 15.2 Å². The Labute approximate surface area is 244 Å². The van der Waals surface area contributed by atoms with Crippen LogP contribution in [0.3, 0.4) is 0 Å². The molecular formula is C28H48N2O9P2. The van der Waals surface area contributed by atoms with E-state index in [1.807, 2.05) is 32.6 Å². The molecule has 11 nitrogen and oxygen atoms in total. The summed E-state index contributed by atoms with van der Waals surface area (Å²) in [7, 11) is -7.73. The quantitative estimate of drug-likeness (QED) is 0.287. The van der Waals surface area contributed by atoms with Crippen molar-refractivity contribution in [3.8, 4) is 11.5 Å². The molecule has 1 atom stereocenters. The fourth-order valence-corrected chi connectivity index (χ4v) is 10.9. The van der Waals surface area contributed by atoms with Gasteiger partial charge in [-0.1, -0.05) is 0 Å². The molecule has 1 fully saturated rings. The molecule has 1 N–H and O–H groups in total. The van der Waals surface area contributed by atoms with Crippen LogP contribution in [-0.4, -0.2) is 91.0 Å². The van der Waals surface area contributed by atoms with Gasteiger partial charge in [-0.2, -0.15) is 0 Å². The molecule has 3 rings (SSSR count). The summed E-state index contributed by atoms with van der Waals surface area (Å²) in [6, 6.07) is 0. The summed E-state index contributed by atoms with van der Waals surface area (Å²) < 4.78 is 56.6. The van der Waals surface area contributed by atoms with Crippen LogP contribution in [0.2, 0.25) is 0 Å². The maximum atomic E-state index is 13.9. The number of carbonyl (C=O) groups excluding carboxylic acids is 1. The van der Waals surface area contributed by atoms with Crippen molar-refractivity contribution in [2.24, 2.45) is 0 Å². The van der Waals surface area contributed by atoms with E-state index in [1.54, 1.807) is 32.6 Å². The Bertz CT molecular complexity index is 1140. The maximum Gasteiger partial charge on any atom is 0.347 e. The number of phenols is 1. The third-order valence-corrected chi connectivity index (χ3v) is 14.0. The molecule has 2 aliphatic heterocycles. The second-order valence-electron chi connectivity index (χ2n) is 10.7. The molecule has 1 aromatic rings. The Hall–Kier alpha value is -1.45. The minimum Gasteiger partial charge on any atom is -0.507 e. The van der Waals surface area contributed by atoms with E-state index in [-0.39, 0.29) is 44.6 Å². The number of carbonyl (C=O) groups is 1. The Morgan fingerprint density at radius 1 is 0.878 bits per heavy atom. The number of hydrogen-bond donors (Lipinski definition) is 1. The zero-order chi connectivity index (χ0) is 30.6. The molecule has 0 spiro atoms. The molecule has 13 heteroatoms. The highest BCUT2D eigenvalue weighted by molar-refractivity contribution is 7.72. The van der Waals surface area contributed by atoms with Gasteiger partial charge in [0.2, 0.25) is 0 Å². The van der Waals surface area contributed by atoms with Gasteiger partial charge in [-0.3, -0.25) is 18.8 Å². The summed E-state index contributed by atoms with van der Waals surface area (Å²) >= 11 is 0. The van der Waals surface area contributed by atoms with Crippen molar-refractivity contribution in [2.75, 3.05) is 59.2 Å². The van der Waals surface area contributed by atoms with Gasteiger partial charge in [0.1, 0.15) is 11.5 Å². The van der Waals surface area contributed by atoms with Gasteiger partial charge in [0.15, 0.2) is 11.0 Å². The van der Waals surface area contributed by atoms with Crippen LogP contribution in [0.4, 0.5) is 0 Å². The van der Waals surface area contributed by atoms with Gasteiger partial charge in [-0.25, -0.2) is 0 Å². The van der Waals surface area contributed by atoms with E-state index in [2.05, 4.69) is 0 Å². The van der Waals surface area contributed by atoms with Crippen molar-refractivity contribution < 1.29 is 41.9 Å². The van der Waals surface area contributed by atoms with Crippen LogP contribution in [0.15, 0.2) is 0 Å². The van der Waals surface area contributed by atoms with Crippen LogP contribution < -0.4 is 4.74 Å². The van der Waals surface area contributed by atoms with E-state index >= 15 is 0 Å². The smallest absolute Gasteiger partial charge is 0.347 e. The lowest BCUT2D eigenvalue weighted by Gasteiger charge is -2.43. The van der Waals surface area contributed by atoms with Gasteiger partial charge in [0.05, 0.1) is 26.4 Å². The zero-order valence-electron chi connectivity index (χ0n) is 25.9. The van der Waals surface area contributed by atoms with Crippen molar-refractivity contribution in [1.82, 2.24) is 9.80 Å². The summed E-state index contributed by atoms with van der Waals surface area (Å²) in [5.74, 6) is 0.878. The predicted molar refractivity (Wildman–Crippen MR) is 158 cm³/mol. The molecule has 1 aromatic carbocycles. The number of hydrogen-bond acceptors (Lipinski definition) is 10. The van der Waals surface area contributed by atoms with Crippen molar-refractivity contribution >= 4 is 21.1 Å². The Kier molecular flexibility index (Phi) is 11.5. The lowest BCUT2D eigenvalue weighted by atomic mass is 9.86. The highest BCUT2D eigenvalue weighted by atomic mass is 31.2. The van der Waals surface area contributed by atoms with Crippen LogP contribution in [0.5, 0.6) is 11.5 Å². The van der Waals surface area contributed by atoms with Crippen LogP contribution >= 0.6 is 15.2 Å². The highest BCUT2D eigenvalue weighted by Gasteiger charge is 2.52. The van der Waals surface area contributed by atoms with Crippen LogP contribution in [0.1, 0.15) is 63.3 Å². The number of aromatic hydroxyl groups is 1. The SMILES string of the molecule is CCOP(=O)(OCC)C(CN1CCN(C(=O)C2(C)CCc3c(C)c(O)c(C)c(C)c3O2)CC1)P(=O)(OCC)OCC. The first kappa shape index (κ1) is 34.0. The van der Waals surface area contributed by atoms with Gasteiger partial charge < -0.3 is 32.8 Å². The van der Waals surface area contributed by atoms with Crippen molar-refractivity contribution in [1.29, 1.82) is 0 Å². The minimum atomic E-state index is -3.87. The number of ether oxygens (including phenoxy) is 1. The molecule has 1 unspecified atom stereocenters. The average molecular weight is 619 g/mol. The molecular weight excluding hydrogens is 570 g/mol. The van der Waals surface area contributed by atoms with Gasteiger partial charge in [0.25, 0.3) is 5.91 Å². The molecule has 2 aliphatic rings. The average Bonchev–Trinajstić information content (AvgIpc) is 2.94. The topological polar surface area (TPSA) is 124 Å². The lowest BCUT2D eigenvalue weighted by Crippen LogP contribution is -2.58. The molecule has 0 aliphatic carbocycles. The fourth-order valence-electron chi connectivity index (χ4n) is 5.61. The standard InChI is InChI=1S/C28H48N2O9P2/c1-9-35-40(33,36-10-2)24(41(34,37-11-3)38-12-4)19-29-15-17-30(18-16-29)27(32)28(8)14-13-23-22(7)25(31)20(5)21(6)26(23)39-28/h24,31H,9-19H2,1-8H3. The van der Waals surface area contributed by atoms with Crippen LogP contribution in [-0.2, 0) is 38.4 Å². The normalized spacial score (nSPS) is 20.3. The van der Waals surface area contributed by atoms with E-state index in [0.29, 0.717) is 44.8 Å². The van der Waals surface area contributed by atoms with E-state index in [4.69, 9.17) is 22.8 Å². The molecule has 234 valence electrons. The van der Waals surface area contributed by atoms with Crippen molar-refractivity contribution in [3.63, 3.8) is 0 Å². The largest absolute Gasteiger partial charge is 0.507 e. The number of nitrogens with zero attached hydrogens (tertiary/aromatic N) is 2. The van der Waals surface area contributed by atoms with Gasteiger partial charge in [0, 0.05) is 44.7 Å². The summed E-state index contributed by atoms with van der Waals surface area (Å²) in [6.07, 6.45) is 1.13. The number of rotatable bonds is 13. The van der Waals surface area contributed by atoms with E-state index < -0.39 is 26.2 Å². The number of benzene rings is 1. The first-order valence-corrected chi connectivity index (χ1v) is 17.8. The van der Waals surface area contributed by atoms with E-state index in [9.17, 15) is 19.0 Å². The first-order chi connectivity index (χ1) is 19.3. The van der Waals surface area contributed by atoms with Crippen molar-refractivity contribution in [3.05, 3.63) is 22.3 Å².